The molecule has 152 valence electrons. The molecule has 3 N–H and O–H groups in total. The minimum absolute atomic E-state index is 0.0179. The van der Waals surface area contributed by atoms with Gasteiger partial charge in [-0.15, -0.1) is 0 Å². The Labute approximate surface area is 165 Å². The van der Waals surface area contributed by atoms with Gasteiger partial charge in [-0.05, 0) is 32.0 Å². The molecule has 1 atom stereocenters. The Morgan fingerprint density at radius 3 is 2.72 bits per heavy atom. The molecule has 11 heteroatoms. The van der Waals surface area contributed by atoms with Crippen LogP contribution in [0.5, 0.6) is 0 Å². The Kier molecular flexibility index (Phi) is 5.77. The average molecular weight is 400 g/mol. The van der Waals surface area contributed by atoms with Gasteiger partial charge in [-0.1, -0.05) is 0 Å². The van der Waals surface area contributed by atoms with Crippen molar-refractivity contribution in [3.05, 3.63) is 54.0 Å². The van der Waals surface area contributed by atoms with Gasteiger partial charge < -0.3 is 20.2 Å². The molecule has 0 aliphatic heterocycles. The number of aliphatic carboxylic acids is 1. The lowest BCUT2D eigenvalue weighted by molar-refractivity contribution is -0.140. The molecule has 3 aromatic heterocycles. The number of anilines is 1. The number of carboxylic acids is 1. The van der Waals surface area contributed by atoms with E-state index in [0.717, 1.165) is 0 Å². The van der Waals surface area contributed by atoms with Crippen molar-refractivity contribution in [1.82, 2.24) is 24.9 Å². The van der Waals surface area contributed by atoms with E-state index in [1.165, 1.54) is 41.0 Å². The van der Waals surface area contributed by atoms with Crippen molar-refractivity contribution in [3.63, 3.8) is 0 Å². The summed E-state index contributed by atoms with van der Waals surface area (Å²) in [4.78, 5) is 36.2. The summed E-state index contributed by atoms with van der Waals surface area (Å²) in [5.41, 5.74) is 0.421. The molecular formula is C18H20N6O5. The standard InChI is InChI=1S/C18H20N6O5/c1-3-23-15(17(26)19-9-12-5-4-8-29-12)14(10-20-23)21-16(25)13-6-7-24(22-13)11(2)18(27)28/h4-8,10-11H,3,9H2,1-2H3,(H,19,26)(H,21,25)(H,27,28). The second-order valence-electron chi connectivity index (χ2n) is 6.13. The molecule has 0 saturated heterocycles. The lowest BCUT2D eigenvalue weighted by Crippen LogP contribution is -2.27. The largest absolute Gasteiger partial charge is 0.480 e. The fraction of sp³-hybridized carbons (Fsp3) is 0.278. The van der Waals surface area contributed by atoms with Gasteiger partial charge in [-0.3, -0.25) is 19.0 Å². The summed E-state index contributed by atoms with van der Waals surface area (Å²) in [6.45, 7) is 3.87. The molecule has 3 heterocycles. The van der Waals surface area contributed by atoms with Crippen LogP contribution in [0.1, 0.15) is 46.6 Å². The maximum Gasteiger partial charge on any atom is 0.328 e. The fourth-order valence-corrected chi connectivity index (χ4v) is 2.59. The van der Waals surface area contributed by atoms with Gasteiger partial charge in [-0.25, -0.2) is 4.79 Å². The molecule has 1 unspecified atom stereocenters. The molecule has 2 amide bonds. The minimum atomic E-state index is -1.07. The van der Waals surface area contributed by atoms with Crippen LogP contribution in [0.2, 0.25) is 0 Å². The van der Waals surface area contributed by atoms with Gasteiger partial charge in [0.05, 0.1) is 24.7 Å². The summed E-state index contributed by atoms with van der Waals surface area (Å²) < 4.78 is 7.82. The van der Waals surface area contributed by atoms with E-state index in [4.69, 9.17) is 9.52 Å². The first-order valence-electron chi connectivity index (χ1n) is 8.86. The molecule has 0 aromatic carbocycles. The smallest absolute Gasteiger partial charge is 0.328 e. The van der Waals surface area contributed by atoms with Crippen molar-refractivity contribution in [2.75, 3.05) is 5.32 Å². The highest BCUT2D eigenvalue weighted by molar-refractivity contribution is 6.07. The normalized spacial score (nSPS) is 11.8. The van der Waals surface area contributed by atoms with Crippen molar-refractivity contribution in [2.24, 2.45) is 0 Å². The summed E-state index contributed by atoms with van der Waals surface area (Å²) in [6.07, 6.45) is 4.29. The topological polar surface area (TPSA) is 144 Å². The van der Waals surface area contributed by atoms with Crippen LogP contribution >= 0.6 is 0 Å². The lowest BCUT2D eigenvalue weighted by Gasteiger charge is -2.09. The number of aromatic nitrogens is 4. The number of aryl methyl sites for hydroxylation is 1. The molecule has 0 radical (unpaired) electrons. The zero-order valence-electron chi connectivity index (χ0n) is 15.8. The van der Waals surface area contributed by atoms with Crippen LogP contribution in [0.15, 0.2) is 41.3 Å². The maximum absolute atomic E-state index is 12.6. The first-order chi connectivity index (χ1) is 13.9. The van der Waals surface area contributed by atoms with Gasteiger partial charge in [0, 0.05) is 12.7 Å². The molecule has 3 rings (SSSR count). The van der Waals surface area contributed by atoms with Gasteiger partial charge in [0.2, 0.25) is 0 Å². The summed E-state index contributed by atoms with van der Waals surface area (Å²) in [5, 5.41) is 22.5. The average Bonchev–Trinajstić information content (AvgIpc) is 3.45. The van der Waals surface area contributed by atoms with E-state index in [2.05, 4.69) is 20.8 Å². The van der Waals surface area contributed by atoms with E-state index in [0.29, 0.717) is 12.3 Å². The second-order valence-corrected chi connectivity index (χ2v) is 6.13. The van der Waals surface area contributed by atoms with E-state index in [9.17, 15) is 14.4 Å². The van der Waals surface area contributed by atoms with Crippen LogP contribution in [0.3, 0.4) is 0 Å². The first-order valence-corrected chi connectivity index (χ1v) is 8.86. The first kappa shape index (κ1) is 19.9. The molecule has 3 aromatic rings. The SMILES string of the molecule is CCn1ncc(NC(=O)c2ccn(C(C)C(=O)O)n2)c1C(=O)NCc1ccco1. The number of nitrogens with zero attached hydrogens (tertiary/aromatic N) is 4. The van der Waals surface area contributed by atoms with Gasteiger partial charge in [0.25, 0.3) is 11.8 Å². The number of hydrogen-bond acceptors (Lipinski definition) is 6. The lowest BCUT2D eigenvalue weighted by atomic mass is 10.3. The van der Waals surface area contributed by atoms with E-state index in [1.807, 2.05) is 6.92 Å². The third-order valence-corrected chi connectivity index (χ3v) is 4.20. The number of carbonyl (C=O) groups is 3. The molecule has 29 heavy (non-hydrogen) atoms. The Morgan fingerprint density at radius 2 is 2.07 bits per heavy atom. The Morgan fingerprint density at radius 1 is 1.28 bits per heavy atom. The van der Waals surface area contributed by atoms with E-state index in [1.54, 1.807) is 12.1 Å². The quantitative estimate of drug-likeness (QED) is 0.520. The summed E-state index contributed by atoms with van der Waals surface area (Å²) in [5.74, 6) is -1.50. The van der Waals surface area contributed by atoms with Gasteiger partial charge in [-0.2, -0.15) is 10.2 Å². The van der Waals surface area contributed by atoms with E-state index in [-0.39, 0.29) is 23.6 Å². The van der Waals surface area contributed by atoms with Crippen molar-refractivity contribution in [1.29, 1.82) is 0 Å². The Bertz CT molecular complexity index is 1020. The zero-order chi connectivity index (χ0) is 21.0. The summed E-state index contributed by atoms with van der Waals surface area (Å²) in [6, 6.07) is 3.93. The third kappa shape index (κ3) is 4.34. The number of furan rings is 1. The molecule has 11 nitrogen and oxygen atoms in total. The predicted octanol–water partition coefficient (Wildman–Crippen LogP) is 1.52. The van der Waals surface area contributed by atoms with Gasteiger partial charge in [0.15, 0.2) is 5.69 Å². The monoisotopic (exact) mass is 400 g/mol. The highest BCUT2D eigenvalue weighted by Crippen LogP contribution is 2.17. The molecule has 0 fully saturated rings. The number of carboxylic acid groups (broad SMARTS) is 1. The predicted molar refractivity (Wildman–Crippen MR) is 100 cm³/mol. The van der Waals surface area contributed by atoms with E-state index < -0.39 is 23.8 Å². The fourth-order valence-electron chi connectivity index (χ4n) is 2.59. The Hall–Kier alpha value is -3.89. The molecule has 0 aliphatic rings. The number of carbonyl (C=O) groups excluding carboxylic acids is 2. The third-order valence-electron chi connectivity index (χ3n) is 4.20. The van der Waals surface area contributed by atoms with Crippen molar-refractivity contribution in [2.45, 2.75) is 33.0 Å². The maximum atomic E-state index is 12.6. The molecular weight excluding hydrogens is 380 g/mol. The van der Waals surface area contributed by atoms with E-state index >= 15 is 0 Å². The summed E-state index contributed by atoms with van der Waals surface area (Å²) >= 11 is 0. The minimum Gasteiger partial charge on any atom is -0.480 e. The Balaban J connectivity index is 1.75. The van der Waals surface area contributed by atoms with Crippen LogP contribution in [-0.4, -0.2) is 42.5 Å². The van der Waals surface area contributed by atoms with Crippen LogP contribution in [-0.2, 0) is 17.9 Å². The van der Waals surface area contributed by atoms with Gasteiger partial charge in [0.1, 0.15) is 17.5 Å². The van der Waals surface area contributed by atoms with Gasteiger partial charge >= 0.3 is 5.97 Å². The number of rotatable bonds is 8. The zero-order valence-corrected chi connectivity index (χ0v) is 15.8. The highest BCUT2D eigenvalue weighted by Gasteiger charge is 2.22. The molecule has 0 aliphatic carbocycles. The molecule has 0 bridgehead atoms. The van der Waals surface area contributed by atoms with Crippen LogP contribution in [0.25, 0.3) is 0 Å². The highest BCUT2D eigenvalue weighted by atomic mass is 16.4. The van der Waals surface area contributed by atoms with Crippen LogP contribution in [0.4, 0.5) is 5.69 Å². The molecule has 0 saturated carbocycles. The summed E-state index contributed by atoms with van der Waals surface area (Å²) in [7, 11) is 0. The number of hydrogen-bond donors (Lipinski definition) is 3. The molecule has 0 spiro atoms. The van der Waals surface area contributed by atoms with Crippen molar-refractivity contribution >= 4 is 23.5 Å². The van der Waals surface area contributed by atoms with Crippen molar-refractivity contribution < 1.29 is 23.9 Å². The number of nitrogens with one attached hydrogen (secondary N) is 2. The second kappa shape index (κ2) is 8.42. The van der Waals surface area contributed by atoms with Crippen LogP contribution < -0.4 is 10.6 Å². The van der Waals surface area contributed by atoms with Crippen molar-refractivity contribution in [3.8, 4) is 0 Å². The van der Waals surface area contributed by atoms with Crippen LogP contribution in [0, 0.1) is 0 Å². The number of amides is 2.